The van der Waals surface area contributed by atoms with Crippen LogP contribution in [0.1, 0.15) is 24.4 Å². The van der Waals surface area contributed by atoms with Crippen LogP contribution in [0.4, 0.5) is 0 Å². The number of hydrogen-bond donors (Lipinski definition) is 1. The lowest BCUT2D eigenvalue weighted by Gasteiger charge is -1.91. The van der Waals surface area contributed by atoms with Crippen LogP contribution >= 0.6 is 0 Å². The Labute approximate surface area is 72.7 Å². The average Bonchev–Trinajstić information content (AvgIpc) is 2.45. The minimum atomic E-state index is 0.750. The van der Waals surface area contributed by atoms with Crippen molar-refractivity contribution >= 4 is 0 Å². The van der Waals surface area contributed by atoms with Gasteiger partial charge in [-0.1, -0.05) is 4.85 Å². The molecule has 0 saturated heterocycles. The van der Waals surface area contributed by atoms with Crippen molar-refractivity contribution in [1.82, 2.24) is 9.97 Å². The molecular weight excluding hydrogens is 150 g/mol. The summed E-state index contributed by atoms with van der Waals surface area (Å²) in [6.07, 6.45) is 4.97. The molecule has 0 fully saturated rings. The minimum Gasteiger partial charge on any atom is -0.346 e. The lowest BCUT2D eigenvalue weighted by atomic mass is 10.2. The summed E-state index contributed by atoms with van der Waals surface area (Å²) in [5, 5.41) is 0. The maximum absolute atomic E-state index is 5.01. The number of aromatic nitrogens is 2. The fourth-order valence-electron chi connectivity index (χ4n) is 1.09. The Kier molecular flexibility index (Phi) is 3.34. The Bertz CT molecular complexity index is 270. The number of H-pyrrole nitrogens is 1. The average molecular weight is 164 g/mol. The van der Waals surface area contributed by atoms with Crippen LogP contribution in [0.5, 0.6) is 0 Å². The van der Waals surface area contributed by atoms with Crippen molar-refractivity contribution in [3.05, 3.63) is 22.6 Å². The highest BCUT2D eigenvalue weighted by Gasteiger charge is 1.98. The molecule has 0 spiro atoms. The lowest BCUT2D eigenvalue weighted by Crippen LogP contribution is -1.89. The van der Waals surface area contributed by atoms with Gasteiger partial charge >= 0.3 is 0 Å². The van der Waals surface area contributed by atoms with Gasteiger partial charge in [0.05, 0.1) is 0 Å². The van der Waals surface area contributed by atoms with Crippen molar-refractivity contribution in [3.8, 4) is 6.57 Å². The van der Waals surface area contributed by atoms with Crippen LogP contribution in [0.2, 0.25) is 0 Å². The summed E-state index contributed by atoms with van der Waals surface area (Å²) in [7, 11) is 0. The summed E-state index contributed by atoms with van der Waals surface area (Å²) >= 11 is 0. The number of nitrogens with zero attached hydrogens (tertiary/aromatic N) is 2. The second-order valence-electron chi connectivity index (χ2n) is 2.88. The van der Waals surface area contributed by atoms with E-state index < -0.39 is 0 Å². The molecule has 64 valence electrons. The summed E-state index contributed by atoms with van der Waals surface area (Å²) in [4.78, 5) is 10.9. The summed E-state index contributed by atoms with van der Waals surface area (Å²) in [5.74, 6) is 1.06. The molecule has 1 N–H and O–H groups in total. The van der Waals surface area contributed by atoms with E-state index >= 15 is 0 Å². The van der Waals surface area contributed by atoms with Gasteiger partial charge in [0.25, 0.3) is 13.1 Å². The van der Waals surface area contributed by atoms with Gasteiger partial charge in [-0.3, -0.25) is 0 Å². The van der Waals surface area contributed by atoms with Crippen LogP contribution in [-0.2, 0) is 6.42 Å². The highest BCUT2D eigenvalue weighted by molar-refractivity contribution is 4.98. The molecule has 1 aromatic rings. The molecule has 0 unspecified atom stereocenters. The number of imidazole rings is 1. The summed E-state index contributed by atoms with van der Waals surface area (Å²) in [5.41, 5.74) is 1.12. The molecule has 3 heteroatoms. The number of unbranched alkanes of at least 4 members (excludes halogenated alkanes) is 1. The predicted octanol–water partition coefficient (Wildman–Crippen LogP) is 2.00. The molecule has 0 bridgehead atoms. The third kappa shape index (κ3) is 2.75. The molecule has 0 aliphatic carbocycles. The maximum atomic E-state index is 5.01. The minimum absolute atomic E-state index is 0.750. The van der Waals surface area contributed by atoms with Gasteiger partial charge < -0.3 is 4.98 Å². The number of rotatable bonds is 4. The van der Waals surface area contributed by atoms with E-state index in [0.29, 0.717) is 0 Å². The first kappa shape index (κ1) is 8.79. The van der Waals surface area contributed by atoms with Gasteiger partial charge in [-0.15, -0.1) is 0 Å². The molecule has 0 amide bonds. The summed E-state index contributed by atoms with van der Waals surface area (Å²) in [6, 6.07) is 0. The first-order valence-corrected chi connectivity index (χ1v) is 4.20. The largest absolute Gasteiger partial charge is 0.346 e. The molecular formula is C9H14N3+. The van der Waals surface area contributed by atoms with E-state index in [1.165, 1.54) is 0 Å². The van der Waals surface area contributed by atoms with Crippen molar-refractivity contribution in [2.75, 3.05) is 6.54 Å². The van der Waals surface area contributed by atoms with Crippen molar-refractivity contribution < 1.29 is 0 Å². The summed E-state index contributed by atoms with van der Waals surface area (Å²) < 4.78 is 0. The Hall–Kier alpha value is -1.30. The van der Waals surface area contributed by atoms with Gasteiger partial charge in [-0.2, -0.15) is 0 Å². The van der Waals surface area contributed by atoms with E-state index in [2.05, 4.69) is 14.8 Å². The highest BCUT2D eigenvalue weighted by Crippen LogP contribution is 2.01. The molecule has 0 aromatic carbocycles. The van der Waals surface area contributed by atoms with Gasteiger partial charge in [0, 0.05) is 24.7 Å². The fourth-order valence-corrected chi connectivity index (χ4v) is 1.09. The third-order valence-corrected chi connectivity index (χ3v) is 1.71. The molecule has 0 aliphatic heterocycles. The first-order chi connectivity index (χ1) is 5.83. The van der Waals surface area contributed by atoms with Crippen molar-refractivity contribution in [2.45, 2.75) is 26.2 Å². The van der Waals surface area contributed by atoms with E-state index in [0.717, 1.165) is 37.3 Å². The zero-order valence-corrected chi connectivity index (χ0v) is 7.38. The van der Waals surface area contributed by atoms with Crippen LogP contribution in [0.25, 0.3) is 4.85 Å². The number of nitrogens with one attached hydrogen (secondary N) is 1. The zero-order valence-electron chi connectivity index (χ0n) is 7.38. The quantitative estimate of drug-likeness (QED) is 0.678. The third-order valence-electron chi connectivity index (χ3n) is 1.71. The van der Waals surface area contributed by atoms with E-state index in [1.54, 1.807) is 0 Å². The van der Waals surface area contributed by atoms with Crippen molar-refractivity contribution in [1.29, 1.82) is 0 Å². The fraction of sp³-hybridized carbons (Fsp3) is 0.556. The maximum Gasteiger partial charge on any atom is 0.263 e. The van der Waals surface area contributed by atoms with Gasteiger partial charge in [-0.05, 0) is 13.3 Å². The SMILES string of the molecule is C#[N+]CCCCc1ncc(C)[nH]1. The van der Waals surface area contributed by atoms with E-state index in [4.69, 9.17) is 6.57 Å². The number of aromatic amines is 1. The smallest absolute Gasteiger partial charge is 0.263 e. The van der Waals surface area contributed by atoms with Crippen LogP contribution < -0.4 is 0 Å². The standard InChI is InChI=1S/C9H14N3/c1-8-7-11-9(12-8)5-3-4-6-10-2/h2,7H,3-6H2,1H3,(H,11,12)/q+1. The Morgan fingerprint density at radius 2 is 2.42 bits per heavy atom. The van der Waals surface area contributed by atoms with Crippen LogP contribution in [0.3, 0.4) is 0 Å². The van der Waals surface area contributed by atoms with Gasteiger partial charge in [0.2, 0.25) is 0 Å². The normalized spacial score (nSPS) is 9.67. The Balaban J connectivity index is 2.21. The van der Waals surface area contributed by atoms with Crippen LogP contribution in [0.15, 0.2) is 6.20 Å². The number of hydrogen-bond acceptors (Lipinski definition) is 1. The van der Waals surface area contributed by atoms with Crippen LogP contribution in [0, 0.1) is 13.5 Å². The van der Waals surface area contributed by atoms with Gasteiger partial charge in [-0.25, -0.2) is 4.98 Å². The van der Waals surface area contributed by atoms with E-state index in [1.807, 2.05) is 13.1 Å². The summed E-state index contributed by atoms with van der Waals surface area (Å²) in [6.45, 7) is 7.77. The Morgan fingerprint density at radius 3 is 3.00 bits per heavy atom. The monoisotopic (exact) mass is 164 g/mol. The van der Waals surface area contributed by atoms with Crippen molar-refractivity contribution in [3.63, 3.8) is 0 Å². The molecule has 0 radical (unpaired) electrons. The first-order valence-electron chi connectivity index (χ1n) is 4.20. The molecule has 1 rings (SSSR count). The lowest BCUT2D eigenvalue weighted by molar-refractivity contribution is 0.749. The second-order valence-corrected chi connectivity index (χ2v) is 2.88. The molecule has 12 heavy (non-hydrogen) atoms. The second kappa shape index (κ2) is 4.55. The highest BCUT2D eigenvalue weighted by atomic mass is 14.9. The molecule has 0 atom stereocenters. The Morgan fingerprint density at radius 1 is 1.58 bits per heavy atom. The van der Waals surface area contributed by atoms with Gasteiger partial charge in [0.15, 0.2) is 0 Å². The zero-order chi connectivity index (χ0) is 8.81. The molecule has 1 heterocycles. The molecule has 3 nitrogen and oxygen atoms in total. The van der Waals surface area contributed by atoms with Crippen LogP contribution in [-0.4, -0.2) is 16.5 Å². The number of aryl methyl sites for hydroxylation is 2. The molecule has 1 aromatic heterocycles. The van der Waals surface area contributed by atoms with E-state index in [9.17, 15) is 0 Å². The van der Waals surface area contributed by atoms with E-state index in [-0.39, 0.29) is 0 Å². The topological polar surface area (TPSA) is 33.0 Å². The molecule has 0 saturated carbocycles. The predicted molar refractivity (Wildman–Crippen MR) is 49.4 cm³/mol. The van der Waals surface area contributed by atoms with Crippen molar-refractivity contribution in [2.24, 2.45) is 0 Å². The molecule has 0 aliphatic rings. The van der Waals surface area contributed by atoms with Gasteiger partial charge in [0.1, 0.15) is 5.82 Å².